The molecule has 0 aliphatic heterocycles. The Balaban J connectivity index is 2.20. The maximum Gasteiger partial charge on any atom is 0.331 e. The Bertz CT molecular complexity index is 202. The molecular formula is C7H8O4. The number of carboxylic acid groups (broad SMARTS) is 1. The van der Waals surface area contributed by atoms with Crippen molar-refractivity contribution in [2.45, 2.75) is 12.8 Å². The zero-order valence-corrected chi connectivity index (χ0v) is 5.82. The maximum absolute atomic E-state index is 10.7. The second-order valence-corrected chi connectivity index (χ2v) is 2.35. The summed E-state index contributed by atoms with van der Waals surface area (Å²) in [5.74, 6) is -1.44. The predicted molar refractivity (Wildman–Crippen MR) is 35.6 cm³/mol. The predicted octanol–water partition coefficient (Wildman–Crippen LogP) is 0.538. The van der Waals surface area contributed by atoms with Gasteiger partial charge in [-0.25, -0.2) is 4.79 Å². The highest BCUT2D eigenvalue weighted by Gasteiger charge is 2.30. The van der Waals surface area contributed by atoms with E-state index in [1.165, 1.54) is 0 Å². The first kappa shape index (κ1) is 7.78. The lowest BCUT2D eigenvalue weighted by molar-refractivity contribution is -0.139. The van der Waals surface area contributed by atoms with E-state index < -0.39 is 5.97 Å². The van der Waals surface area contributed by atoms with Crippen LogP contribution in [0.2, 0.25) is 0 Å². The maximum atomic E-state index is 10.7. The molecule has 0 bridgehead atoms. The van der Waals surface area contributed by atoms with Gasteiger partial charge in [-0.15, -0.1) is 0 Å². The number of hydrogen-bond donors (Lipinski definition) is 1. The van der Waals surface area contributed by atoms with E-state index in [0.717, 1.165) is 25.2 Å². The Morgan fingerprint density at radius 2 is 2.09 bits per heavy atom. The Morgan fingerprint density at radius 1 is 1.45 bits per heavy atom. The summed E-state index contributed by atoms with van der Waals surface area (Å²) in [6.45, 7) is 0. The molecule has 11 heavy (non-hydrogen) atoms. The molecule has 60 valence electrons. The van der Waals surface area contributed by atoms with E-state index in [2.05, 4.69) is 4.74 Å². The van der Waals surface area contributed by atoms with Crippen LogP contribution in [0.3, 0.4) is 0 Å². The molecule has 0 spiro atoms. The summed E-state index contributed by atoms with van der Waals surface area (Å²) in [5, 5.41) is 8.10. The van der Waals surface area contributed by atoms with Crippen LogP contribution >= 0.6 is 0 Å². The molecule has 0 aromatic heterocycles. The lowest BCUT2D eigenvalue weighted by Crippen LogP contribution is -2.01. The number of rotatable bonds is 3. The number of esters is 1. The van der Waals surface area contributed by atoms with Gasteiger partial charge in [-0.2, -0.15) is 0 Å². The van der Waals surface area contributed by atoms with Gasteiger partial charge in [-0.1, -0.05) is 0 Å². The molecule has 0 atom stereocenters. The van der Waals surface area contributed by atoms with Gasteiger partial charge in [0.05, 0.1) is 12.0 Å². The topological polar surface area (TPSA) is 63.6 Å². The summed E-state index contributed by atoms with van der Waals surface area (Å²) in [5.41, 5.74) is 0. The second kappa shape index (κ2) is 3.18. The highest BCUT2D eigenvalue weighted by molar-refractivity contribution is 5.80. The van der Waals surface area contributed by atoms with Crippen molar-refractivity contribution in [2.24, 2.45) is 5.92 Å². The second-order valence-electron chi connectivity index (χ2n) is 2.35. The number of hydrogen-bond acceptors (Lipinski definition) is 3. The zero-order chi connectivity index (χ0) is 8.27. The van der Waals surface area contributed by atoms with Gasteiger partial charge in [0.25, 0.3) is 0 Å². The molecule has 4 nitrogen and oxygen atoms in total. The van der Waals surface area contributed by atoms with Crippen LogP contribution in [0, 0.1) is 5.92 Å². The quantitative estimate of drug-likeness (QED) is 0.368. The third-order valence-electron chi connectivity index (χ3n) is 1.31. The molecule has 1 aliphatic rings. The fourth-order valence-corrected chi connectivity index (χ4v) is 0.575. The third kappa shape index (κ3) is 2.84. The van der Waals surface area contributed by atoms with Crippen LogP contribution in [-0.2, 0) is 14.3 Å². The number of aliphatic carboxylic acids is 1. The van der Waals surface area contributed by atoms with Crippen molar-refractivity contribution in [3.8, 4) is 0 Å². The highest BCUT2D eigenvalue weighted by atomic mass is 16.5. The van der Waals surface area contributed by atoms with Gasteiger partial charge in [0, 0.05) is 0 Å². The molecule has 0 aromatic carbocycles. The van der Waals surface area contributed by atoms with Crippen LogP contribution in [0.1, 0.15) is 12.8 Å². The average Bonchev–Trinajstić information content (AvgIpc) is 2.66. The Hall–Kier alpha value is -1.32. The van der Waals surface area contributed by atoms with Crippen molar-refractivity contribution in [2.75, 3.05) is 0 Å². The lowest BCUT2D eigenvalue weighted by Gasteiger charge is -1.92. The highest BCUT2D eigenvalue weighted by Crippen LogP contribution is 2.29. The van der Waals surface area contributed by atoms with Crippen LogP contribution in [0.15, 0.2) is 12.3 Å². The summed E-state index contributed by atoms with van der Waals surface area (Å²) >= 11 is 0. The Kier molecular flexibility index (Phi) is 2.25. The van der Waals surface area contributed by atoms with Gasteiger partial charge in [-0.05, 0) is 12.8 Å². The van der Waals surface area contributed by atoms with E-state index in [1.807, 2.05) is 0 Å². The smallest absolute Gasteiger partial charge is 0.331 e. The van der Waals surface area contributed by atoms with Crippen molar-refractivity contribution < 1.29 is 19.4 Å². The molecule has 0 unspecified atom stereocenters. The molecule has 0 radical (unpaired) electrons. The Morgan fingerprint density at radius 3 is 2.55 bits per heavy atom. The van der Waals surface area contributed by atoms with Crippen molar-refractivity contribution in [3.05, 3.63) is 12.3 Å². The number of ether oxygens (including phenoxy) is 1. The zero-order valence-electron chi connectivity index (χ0n) is 5.82. The lowest BCUT2D eigenvalue weighted by atomic mass is 10.4. The normalized spacial score (nSPS) is 16.7. The minimum absolute atomic E-state index is 0.00782. The van der Waals surface area contributed by atoms with Crippen LogP contribution in [0.25, 0.3) is 0 Å². The van der Waals surface area contributed by atoms with Crippen LogP contribution in [0.4, 0.5) is 0 Å². The van der Waals surface area contributed by atoms with Gasteiger partial charge in [0.2, 0.25) is 0 Å². The van der Waals surface area contributed by atoms with Crippen LogP contribution < -0.4 is 0 Å². The third-order valence-corrected chi connectivity index (χ3v) is 1.31. The molecule has 1 fully saturated rings. The van der Waals surface area contributed by atoms with E-state index in [0.29, 0.717) is 0 Å². The Labute approximate surface area is 63.5 Å². The molecule has 1 N–H and O–H groups in total. The molecule has 1 aliphatic carbocycles. The van der Waals surface area contributed by atoms with Crippen molar-refractivity contribution in [3.63, 3.8) is 0 Å². The van der Waals surface area contributed by atoms with Gasteiger partial charge in [0.1, 0.15) is 6.26 Å². The van der Waals surface area contributed by atoms with Crippen molar-refractivity contribution in [1.82, 2.24) is 0 Å². The number of carbonyl (C=O) groups is 2. The molecule has 1 saturated carbocycles. The van der Waals surface area contributed by atoms with Gasteiger partial charge in [0.15, 0.2) is 0 Å². The van der Waals surface area contributed by atoms with Crippen molar-refractivity contribution in [1.29, 1.82) is 0 Å². The van der Waals surface area contributed by atoms with E-state index in [9.17, 15) is 9.59 Å². The van der Waals surface area contributed by atoms with E-state index >= 15 is 0 Å². The first-order chi connectivity index (χ1) is 5.20. The monoisotopic (exact) mass is 156 g/mol. The van der Waals surface area contributed by atoms with E-state index in [-0.39, 0.29) is 11.9 Å². The standard InChI is InChI=1S/C7H8O4/c8-6(9)3-4-11-7(10)5-1-2-5/h3-5H,1-2H2,(H,8,9). The molecule has 1 rings (SSSR count). The summed E-state index contributed by atoms with van der Waals surface area (Å²) in [6, 6.07) is 0. The average molecular weight is 156 g/mol. The van der Waals surface area contributed by atoms with E-state index in [4.69, 9.17) is 5.11 Å². The molecule has 0 heterocycles. The summed E-state index contributed by atoms with van der Waals surface area (Å²) in [4.78, 5) is 20.6. The minimum Gasteiger partial charge on any atom is -0.478 e. The summed E-state index contributed by atoms with van der Waals surface area (Å²) in [7, 11) is 0. The fourth-order valence-electron chi connectivity index (χ4n) is 0.575. The molecule has 0 aromatic rings. The van der Waals surface area contributed by atoms with Gasteiger partial charge < -0.3 is 9.84 Å². The van der Waals surface area contributed by atoms with Crippen LogP contribution in [0.5, 0.6) is 0 Å². The van der Waals surface area contributed by atoms with Gasteiger partial charge in [-0.3, -0.25) is 4.79 Å². The number of carbonyl (C=O) groups excluding carboxylic acids is 1. The summed E-state index contributed by atoms with van der Waals surface area (Å²) < 4.78 is 4.48. The molecule has 0 saturated heterocycles. The van der Waals surface area contributed by atoms with E-state index in [1.54, 1.807) is 0 Å². The number of carboxylic acids is 1. The molecule has 4 heteroatoms. The molecular weight excluding hydrogens is 148 g/mol. The first-order valence-electron chi connectivity index (χ1n) is 3.30. The SMILES string of the molecule is O=C(O)C=COC(=O)C1CC1. The van der Waals surface area contributed by atoms with Crippen molar-refractivity contribution >= 4 is 11.9 Å². The summed E-state index contributed by atoms with van der Waals surface area (Å²) in [6.07, 6.45) is 3.42. The van der Waals surface area contributed by atoms with Crippen LogP contribution in [-0.4, -0.2) is 17.0 Å². The largest absolute Gasteiger partial charge is 0.478 e. The molecule has 0 amide bonds. The minimum atomic E-state index is -1.12. The first-order valence-corrected chi connectivity index (χ1v) is 3.30. The fraction of sp³-hybridized carbons (Fsp3) is 0.429. The van der Waals surface area contributed by atoms with Gasteiger partial charge >= 0.3 is 11.9 Å².